The number of hydrogen-bond acceptors (Lipinski definition) is 1. The molecule has 0 spiro atoms. The van der Waals surface area contributed by atoms with E-state index in [1.807, 2.05) is 0 Å². The zero-order chi connectivity index (χ0) is 5.54. The summed E-state index contributed by atoms with van der Waals surface area (Å²) in [4.78, 5) is 0. The minimum absolute atomic E-state index is 1.01. The third-order valence-electron chi connectivity index (χ3n) is 0.830. The van der Waals surface area contributed by atoms with Crippen LogP contribution in [0.15, 0.2) is 12.3 Å². The SMILES string of the molecule is CCCC/C=C/O. The van der Waals surface area contributed by atoms with Gasteiger partial charge in [-0.2, -0.15) is 0 Å². The van der Waals surface area contributed by atoms with E-state index in [9.17, 15) is 0 Å². The van der Waals surface area contributed by atoms with Gasteiger partial charge in [-0.25, -0.2) is 0 Å². The molecule has 0 heterocycles. The van der Waals surface area contributed by atoms with Gasteiger partial charge in [-0.1, -0.05) is 19.4 Å². The van der Waals surface area contributed by atoms with E-state index in [0.717, 1.165) is 12.7 Å². The molecule has 7 heavy (non-hydrogen) atoms. The number of rotatable bonds is 3. The molecule has 0 bridgehead atoms. The maximum atomic E-state index is 8.11. The van der Waals surface area contributed by atoms with Crippen molar-refractivity contribution in [3.05, 3.63) is 12.3 Å². The molecule has 1 N–H and O–H groups in total. The monoisotopic (exact) mass is 100 g/mol. The summed E-state index contributed by atoms with van der Waals surface area (Å²) in [6, 6.07) is 0. The van der Waals surface area contributed by atoms with Crippen molar-refractivity contribution in [2.75, 3.05) is 0 Å². The highest BCUT2D eigenvalue weighted by Crippen LogP contribution is 1.92. The standard InChI is InChI=1S/C6H12O/c1-2-3-4-5-6-7/h5-7H,2-4H2,1H3/b6-5+. The molecule has 1 nitrogen and oxygen atoms in total. The molecular weight excluding hydrogens is 88.1 g/mol. The van der Waals surface area contributed by atoms with Crippen LogP contribution in [-0.2, 0) is 0 Å². The van der Waals surface area contributed by atoms with Crippen LogP contribution in [0.3, 0.4) is 0 Å². The van der Waals surface area contributed by atoms with Gasteiger partial charge in [0.15, 0.2) is 0 Å². The van der Waals surface area contributed by atoms with Gasteiger partial charge in [-0.05, 0) is 12.8 Å². The molecule has 1 heteroatoms. The Morgan fingerprint density at radius 2 is 2.29 bits per heavy atom. The third kappa shape index (κ3) is 5.54. The Morgan fingerprint density at radius 3 is 2.71 bits per heavy atom. The first kappa shape index (κ1) is 6.54. The van der Waals surface area contributed by atoms with Gasteiger partial charge in [0.25, 0.3) is 0 Å². The molecule has 0 aliphatic heterocycles. The van der Waals surface area contributed by atoms with Crippen molar-refractivity contribution in [2.45, 2.75) is 26.2 Å². The average Bonchev–Trinajstić information content (AvgIpc) is 1.69. The summed E-state index contributed by atoms with van der Waals surface area (Å²) in [5.41, 5.74) is 0. The lowest BCUT2D eigenvalue weighted by molar-refractivity contribution is 0.470. The van der Waals surface area contributed by atoms with Gasteiger partial charge in [0.05, 0.1) is 6.26 Å². The fourth-order valence-corrected chi connectivity index (χ4v) is 0.397. The average molecular weight is 100 g/mol. The lowest BCUT2D eigenvalue weighted by Gasteiger charge is -1.83. The van der Waals surface area contributed by atoms with Gasteiger partial charge in [0, 0.05) is 0 Å². The highest BCUT2D eigenvalue weighted by Gasteiger charge is 1.73. The Kier molecular flexibility index (Phi) is 5.18. The molecule has 0 saturated heterocycles. The summed E-state index contributed by atoms with van der Waals surface area (Å²) in [6.45, 7) is 2.13. The van der Waals surface area contributed by atoms with Crippen molar-refractivity contribution in [1.82, 2.24) is 0 Å². The maximum Gasteiger partial charge on any atom is 0.0751 e. The molecule has 0 fully saturated rings. The van der Waals surface area contributed by atoms with Crippen molar-refractivity contribution >= 4 is 0 Å². The maximum absolute atomic E-state index is 8.11. The second-order valence-corrected chi connectivity index (χ2v) is 1.53. The van der Waals surface area contributed by atoms with Gasteiger partial charge >= 0.3 is 0 Å². The summed E-state index contributed by atoms with van der Waals surface area (Å²) >= 11 is 0. The predicted octanol–water partition coefficient (Wildman–Crippen LogP) is 2.25. The largest absolute Gasteiger partial charge is 0.516 e. The number of aliphatic hydroxyl groups is 1. The van der Waals surface area contributed by atoms with Crippen molar-refractivity contribution < 1.29 is 5.11 Å². The number of allylic oxidation sites excluding steroid dienone is 1. The zero-order valence-electron chi connectivity index (χ0n) is 4.72. The van der Waals surface area contributed by atoms with E-state index in [2.05, 4.69) is 6.92 Å². The second-order valence-electron chi connectivity index (χ2n) is 1.53. The number of aliphatic hydroxyl groups excluding tert-OH is 1. The predicted molar refractivity (Wildman–Crippen MR) is 31.3 cm³/mol. The number of unbranched alkanes of at least 4 members (excludes halogenated alkanes) is 2. The van der Waals surface area contributed by atoms with Crippen LogP contribution in [0.1, 0.15) is 26.2 Å². The van der Waals surface area contributed by atoms with E-state index in [-0.39, 0.29) is 0 Å². The fraction of sp³-hybridized carbons (Fsp3) is 0.667. The van der Waals surface area contributed by atoms with Crippen LogP contribution >= 0.6 is 0 Å². The van der Waals surface area contributed by atoms with Gasteiger partial charge in [-0.15, -0.1) is 0 Å². The topological polar surface area (TPSA) is 20.2 Å². The quantitative estimate of drug-likeness (QED) is 0.426. The molecule has 0 aromatic rings. The van der Waals surface area contributed by atoms with Crippen LogP contribution in [0, 0.1) is 0 Å². The Balaban J connectivity index is 2.69. The van der Waals surface area contributed by atoms with Crippen LogP contribution in [0.5, 0.6) is 0 Å². The minimum atomic E-state index is 1.01. The van der Waals surface area contributed by atoms with E-state index in [0.29, 0.717) is 0 Å². The Morgan fingerprint density at radius 1 is 1.57 bits per heavy atom. The number of hydrogen-bond donors (Lipinski definition) is 1. The van der Waals surface area contributed by atoms with Gasteiger partial charge in [0.1, 0.15) is 0 Å². The van der Waals surface area contributed by atoms with Gasteiger partial charge < -0.3 is 5.11 Å². The molecule has 0 aromatic carbocycles. The van der Waals surface area contributed by atoms with Crippen molar-refractivity contribution in [1.29, 1.82) is 0 Å². The Hall–Kier alpha value is -0.460. The van der Waals surface area contributed by atoms with E-state index in [4.69, 9.17) is 5.11 Å². The van der Waals surface area contributed by atoms with Crippen LogP contribution in [0.2, 0.25) is 0 Å². The first-order valence-corrected chi connectivity index (χ1v) is 2.71. The molecule has 0 aliphatic carbocycles. The smallest absolute Gasteiger partial charge is 0.0751 e. The highest BCUT2D eigenvalue weighted by molar-refractivity contribution is 4.69. The molecule has 0 saturated carbocycles. The second kappa shape index (κ2) is 5.54. The normalized spacial score (nSPS) is 10.4. The van der Waals surface area contributed by atoms with Crippen LogP contribution in [-0.4, -0.2) is 5.11 Å². The molecule has 0 amide bonds. The molecule has 0 rings (SSSR count). The van der Waals surface area contributed by atoms with Crippen molar-refractivity contribution in [3.8, 4) is 0 Å². The van der Waals surface area contributed by atoms with Crippen LogP contribution < -0.4 is 0 Å². The summed E-state index contributed by atoms with van der Waals surface area (Å²) in [5, 5.41) is 8.11. The van der Waals surface area contributed by atoms with E-state index in [1.165, 1.54) is 12.8 Å². The summed E-state index contributed by atoms with van der Waals surface area (Å²) in [6.07, 6.45) is 6.26. The molecule has 0 atom stereocenters. The van der Waals surface area contributed by atoms with Crippen LogP contribution in [0.25, 0.3) is 0 Å². The Labute approximate surface area is 44.7 Å². The zero-order valence-corrected chi connectivity index (χ0v) is 4.72. The molecule has 42 valence electrons. The van der Waals surface area contributed by atoms with E-state index >= 15 is 0 Å². The summed E-state index contributed by atoms with van der Waals surface area (Å²) < 4.78 is 0. The van der Waals surface area contributed by atoms with Crippen LogP contribution in [0.4, 0.5) is 0 Å². The fourth-order valence-electron chi connectivity index (χ4n) is 0.397. The van der Waals surface area contributed by atoms with Gasteiger partial charge in [0.2, 0.25) is 0 Å². The highest BCUT2D eigenvalue weighted by atomic mass is 16.2. The molecular formula is C6H12O. The summed E-state index contributed by atoms with van der Waals surface area (Å²) in [7, 11) is 0. The van der Waals surface area contributed by atoms with E-state index < -0.39 is 0 Å². The van der Waals surface area contributed by atoms with Crippen molar-refractivity contribution in [3.63, 3.8) is 0 Å². The minimum Gasteiger partial charge on any atom is -0.516 e. The molecule has 0 radical (unpaired) electrons. The summed E-state index contributed by atoms with van der Waals surface area (Å²) in [5.74, 6) is 0. The molecule has 0 aromatic heterocycles. The van der Waals surface area contributed by atoms with Crippen molar-refractivity contribution in [2.24, 2.45) is 0 Å². The first-order valence-electron chi connectivity index (χ1n) is 2.71. The lowest BCUT2D eigenvalue weighted by atomic mass is 10.2. The Bertz CT molecular complexity index is 48.1. The molecule has 0 unspecified atom stereocenters. The lowest BCUT2D eigenvalue weighted by Crippen LogP contribution is -1.64. The first-order chi connectivity index (χ1) is 3.41. The molecule has 0 aliphatic rings. The van der Waals surface area contributed by atoms with E-state index in [1.54, 1.807) is 6.08 Å². The van der Waals surface area contributed by atoms with Gasteiger partial charge in [-0.3, -0.25) is 0 Å². The third-order valence-corrected chi connectivity index (χ3v) is 0.830.